The van der Waals surface area contributed by atoms with E-state index in [4.69, 9.17) is 9.47 Å². The van der Waals surface area contributed by atoms with E-state index in [1.165, 1.54) is 38.5 Å². The molecule has 0 aromatic heterocycles. The fourth-order valence-corrected chi connectivity index (χ4v) is 2.75. The van der Waals surface area contributed by atoms with Crippen molar-refractivity contribution >= 4 is 0 Å². The van der Waals surface area contributed by atoms with Gasteiger partial charge in [0.25, 0.3) is 0 Å². The molecular weight excluding hydrogens is 202 g/mol. The normalized spacial score (nSPS) is 32.8. The van der Waals surface area contributed by atoms with Crippen LogP contribution in [0.25, 0.3) is 0 Å². The molecule has 2 atom stereocenters. The summed E-state index contributed by atoms with van der Waals surface area (Å²) in [6, 6.07) is 1.35. The quantitative estimate of drug-likeness (QED) is 0.798. The first-order valence-corrected chi connectivity index (χ1v) is 6.84. The Labute approximate surface area is 98.9 Å². The zero-order chi connectivity index (χ0) is 11.2. The van der Waals surface area contributed by atoms with Gasteiger partial charge in [-0.2, -0.15) is 0 Å². The molecule has 0 aliphatic carbocycles. The summed E-state index contributed by atoms with van der Waals surface area (Å²) < 4.78 is 11.2. The Morgan fingerprint density at radius 1 is 1.06 bits per heavy atom. The lowest BCUT2D eigenvalue weighted by atomic mass is 9.98. The number of rotatable bonds is 4. The van der Waals surface area contributed by atoms with Gasteiger partial charge in [-0.25, -0.2) is 0 Å². The largest absolute Gasteiger partial charge is 0.381 e. The summed E-state index contributed by atoms with van der Waals surface area (Å²) in [6.45, 7) is 5.03. The molecule has 2 saturated heterocycles. The second-order valence-corrected chi connectivity index (χ2v) is 5.06. The van der Waals surface area contributed by atoms with Crippen LogP contribution in [0.4, 0.5) is 0 Å². The van der Waals surface area contributed by atoms with E-state index < -0.39 is 0 Å². The molecule has 2 unspecified atom stereocenters. The van der Waals surface area contributed by atoms with E-state index in [-0.39, 0.29) is 0 Å². The van der Waals surface area contributed by atoms with Gasteiger partial charge in [0.15, 0.2) is 0 Å². The van der Waals surface area contributed by atoms with E-state index >= 15 is 0 Å². The average molecular weight is 227 g/mol. The Morgan fingerprint density at radius 3 is 2.56 bits per heavy atom. The molecule has 2 rings (SSSR count). The molecule has 94 valence electrons. The van der Waals surface area contributed by atoms with Gasteiger partial charge in [-0.3, -0.25) is 0 Å². The van der Waals surface area contributed by atoms with Gasteiger partial charge in [-0.05, 0) is 32.1 Å². The van der Waals surface area contributed by atoms with E-state index in [0.29, 0.717) is 18.2 Å². The highest BCUT2D eigenvalue weighted by Crippen LogP contribution is 2.19. The van der Waals surface area contributed by atoms with E-state index in [1.54, 1.807) is 0 Å². The van der Waals surface area contributed by atoms with Gasteiger partial charge in [-0.15, -0.1) is 0 Å². The van der Waals surface area contributed by atoms with Gasteiger partial charge in [0.2, 0.25) is 0 Å². The van der Waals surface area contributed by atoms with Gasteiger partial charge in [-0.1, -0.05) is 13.3 Å². The van der Waals surface area contributed by atoms with Crippen molar-refractivity contribution < 1.29 is 9.47 Å². The fourth-order valence-electron chi connectivity index (χ4n) is 2.75. The lowest BCUT2D eigenvalue weighted by molar-refractivity contribution is -0.00912. The highest BCUT2D eigenvalue weighted by atomic mass is 16.5. The Hall–Kier alpha value is -0.120. The second-order valence-electron chi connectivity index (χ2n) is 5.06. The second kappa shape index (κ2) is 6.58. The van der Waals surface area contributed by atoms with Crippen molar-refractivity contribution in [3.05, 3.63) is 0 Å². The summed E-state index contributed by atoms with van der Waals surface area (Å²) in [6.07, 6.45) is 7.67. The maximum atomic E-state index is 5.77. The molecule has 16 heavy (non-hydrogen) atoms. The monoisotopic (exact) mass is 227 g/mol. The zero-order valence-corrected chi connectivity index (χ0v) is 10.4. The minimum absolute atomic E-state index is 0.496. The molecule has 0 aromatic rings. The van der Waals surface area contributed by atoms with Gasteiger partial charge >= 0.3 is 0 Å². The Balaban J connectivity index is 1.71. The SMILES string of the molecule is CCCC1CC(NC2CCOCC2)CCO1. The van der Waals surface area contributed by atoms with Crippen LogP contribution in [0.3, 0.4) is 0 Å². The van der Waals surface area contributed by atoms with Crippen LogP contribution in [0, 0.1) is 0 Å². The molecule has 1 N–H and O–H groups in total. The molecule has 2 aliphatic heterocycles. The van der Waals surface area contributed by atoms with Crippen LogP contribution in [0.2, 0.25) is 0 Å². The Morgan fingerprint density at radius 2 is 1.81 bits per heavy atom. The minimum Gasteiger partial charge on any atom is -0.381 e. The summed E-state index contributed by atoms with van der Waals surface area (Å²) in [7, 11) is 0. The van der Waals surface area contributed by atoms with Crippen molar-refractivity contribution in [3.63, 3.8) is 0 Å². The number of hydrogen-bond donors (Lipinski definition) is 1. The third-order valence-electron chi connectivity index (χ3n) is 3.67. The van der Waals surface area contributed by atoms with Crippen molar-refractivity contribution in [3.8, 4) is 0 Å². The van der Waals surface area contributed by atoms with Crippen molar-refractivity contribution in [1.29, 1.82) is 0 Å². The molecule has 0 aromatic carbocycles. The molecule has 3 heteroatoms. The van der Waals surface area contributed by atoms with Gasteiger partial charge in [0.1, 0.15) is 0 Å². The molecule has 0 radical (unpaired) electrons. The Bertz CT molecular complexity index is 190. The molecule has 0 spiro atoms. The molecule has 3 nitrogen and oxygen atoms in total. The van der Waals surface area contributed by atoms with Crippen LogP contribution >= 0.6 is 0 Å². The lowest BCUT2D eigenvalue weighted by Gasteiger charge is -2.34. The average Bonchev–Trinajstić information content (AvgIpc) is 2.31. The third-order valence-corrected chi connectivity index (χ3v) is 3.67. The predicted molar refractivity (Wildman–Crippen MR) is 64.6 cm³/mol. The maximum absolute atomic E-state index is 5.77. The van der Waals surface area contributed by atoms with Crippen LogP contribution in [0.15, 0.2) is 0 Å². The molecule has 0 bridgehead atoms. The topological polar surface area (TPSA) is 30.5 Å². The van der Waals surface area contributed by atoms with Crippen LogP contribution in [-0.2, 0) is 9.47 Å². The van der Waals surface area contributed by atoms with Crippen LogP contribution in [0.5, 0.6) is 0 Å². The minimum atomic E-state index is 0.496. The predicted octanol–water partition coefficient (Wildman–Crippen LogP) is 2.10. The summed E-state index contributed by atoms with van der Waals surface area (Å²) in [5.41, 5.74) is 0. The van der Waals surface area contributed by atoms with Crippen LogP contribution in [-0.4, -0.2) is 38.0 Å². The van der Waals surface area contributed by atoms with E-state index in [1.807, 2.05) is 0 Å². The van der Waals surface area contributed by atoms with Crippen molar-refractivity contribution in [1.82, 2.24) is 5.32 Å². The smallest absolute Gasteiger partial charge is 0.0589 e. The standard InChI is InChI=1S/C13H25NO2/c1-2-3-13-10-12(6-9-16-13)14-11-4-7-15-8-5-11/h11-14H,2-10H2,1H3. The highest BCUT2D eigenvalue weighted by molar-refractivity contribution is 4.81. The molecule has 2 fully saturated rings. The first-order valence-electron chi connectivity index (χ1n) is 6.84. The van der Waals surface area contributed by atoms with Gasteiger partial charge < -0.3 is 14.8 Å². The fraction of sp³-hybridized carbons (Fsp3) is 1.00. The lowest BCUT2D eigenvalue weighted by Crippen LogP contribution is -2.46. The molecule has 0 saturated carbocycles. The van der Waals surface area contributed by atoms with Crippen molar-refractivity contribution in [2.75, 3.05) is 19.8 Å². The van der Waals surface area contributed by atoms with Crippen LogP contribution < -0.4 is 5.32 Å². The van der Waals surface area contributed by atoms with E-state index in [2.05, 4.69) is 12.2 Å². The number of nitrogens with one attached hydrogen (secondary N) is 1. The molecule has 2 aliphatic rings. The van der Waals surface area contributed by atoms with E-state index in [0.717, 1.165) is 19.8 Å². The summed E-state index contributed by atoms with van der Waals surface area (Å²) in [5.74, 6) is 0. The zero-order valence-electron chi connectivity index (χ0n) is 10.4. The van der Waals surface area contributed by atoms with Crippen molar-refractivity contribution in [2.45, 2.75) is 63.6 Å². The molecular formula is C13H25NO2. The number of hydrogen-bond acceptors (Lipinski definition) is 3. The highest BCUT2D eigenvalue weighted by Gasteiger charge is 2.24. The Kier molecular flexibility index (Phi) is 5.07. The first-order chi connectivity index (χ1) is 7.88. The van der Waals surface area contributed by atoms with E-state index in [9.17, 15) is 0 Å². The third kappa shape index (κ3) is 3.72. The summed E-state index contributed by atoms with van der Waals surface area (Å²) in [5, 5.41) is 3.79. The summed E-state index contributed by atoms with van der Waals surface area (Å²) in [4.78, 5) is 0. The van der Waals surface area contributed by atoms with Gasteiger partial charge in [0.05, 0.1) is 6.10 Å². The van der Waals surface area contributed by atoms with Gasteiger partial charge in [0, 0.05) is 31.9 Å². The molecule has 2 heterocycles. The molecule has 0 amide bonds. The number of ether oxygens (including phenoxy) is 2. The maximum Gasteiger partial charge on any atom is 0.0589 e. The van der Waals surface area contributed by atoms with Crippen LogP contribution in [0.1, 0.15) is 45.4 Å². The summed E-state index contributed by atoms with van der Waals surface area (Å²) >= 11 is 0. The first kappa shape index (κ1) is 12.3. The van der Waals surface area contributed by atoms with Crippen molar-refractivity contribution in [2.24, 2.45) is 0 Å².